The van der Waals surface area contributed by atoms with Gasteiger partial charge in [0.05, 0.1) is 11.8 Å². The lowest BCUT2D eigenvalue weighted by Gasteiger charge is -2.35. The molecule has 0 aliphatic carbocycles. The van der Waals surface area contributed by atoms with Crippen LogP contribution >= 0.6 is 11.3 Å². The molecule has 0 aromatic carbocycles. The highest BCUT2D eigenvalue weighted by Gasteiger charge is 2.29. The van der Waals surface area contributed by atoms with Crippen molar-refractivity contribution in [3.8, 4) is 11.4 Å². The average Bonchev–Trinajstić information content (AvgIpc) is 3.42. The molecule has 3 aromatic rings. The summed E-state index contributed by atoms with van der Waals surface area (Å²) in [5.74, 6) is 0.885. The van der Waals surface area contributed by atoms with Gasteiger partial charge >= 0.3 is 6.09 Å². The number of amides is 2. The molecule has 10 nitrogen and oxygen atoms in total. The van der Waals surface area contributed by atoms with Crippen molar-refractivity contribution in [2.45, 2.75) is 45.2 Å². The Morgan fingerprint density at radius 2 is 2.09 bits per heavy atom. The number of carbonyl (C=O) groups is 2. The van der Waals surface area contributed by atoms with Crippen LogP contribution in [0.3, 0.4) is 0 Å². The van der Waals surface area contributed by atoms with Crippen LogP contribution in [0.15, 0.2) is 23.8 Å². The number of carbonyl (C=O) groups excluding carboxylic acids is 1. The number of piperidine rings is 1. The Labute approximate surface area is 189 Å². The van der Waals surface area contributed by atoms with Gasteiger partial charge in [0, 0.05) is 49.9 Å². The first-order valence-electron chi connectivity index (χ1n) is 10.7. The van der Waals surface area contributed by atoms with E-state index in [0.29, 0.717) is 43.3 Å². The van der Waals surface area contributed by atoms with Crippen LogP contribution < -0.4 is 5.32 Å². The fourth-order valence-electron chi connectivity index (χ4n) is 3.76. The van der Waals surface area contributed by atoms with Crippen molar-refractivity contribution in [3.05, 3.63) is 29.5 Å². The van der Waals surface area contributed by atoms with E-state index >= 15 is 0 Å². The lowest BCUT2D eigenvalue weighted by Crippen LogP contribution is -2.47. The third-order valence-electron chi connectivity index (χ3n) is 5.93. The number of thiazole rings is 1. The van der Waals surface area contributed by atoms with Crippen molar-refractivity contribution in [2.24, 2.45) is 0 Å². The maximum Gasteiger partial charge on any atom is 0.407 e. The molecule has 1 fully saturated rings. The highest BCUT2D eigenvalue weighted by atomic mass is 32.1. The molecule has 0 spiro atoms. The number of hydrogen-bond donors (Lipinski definition) is 2. The lowest BCUT2D eigenvalue weighted by molar-refractivity contribution is 0.0638. The predicted octanol–water partition coefficient (Wildman–Crippen LogP) is 3.28. The Bertz CT molecular complexity index is 1120. The van der Waals surface area contributed by atoms with Crippen molar-refractivity contribution >= 4 is 34.0 Å². The zero-order valence-electron chi connectivity index (χ0n) is 18.4. The van der Waals surface area contributed by atoms with Gasteiger partial charge < -0.3 is 20.2 Å². The van der Waals surface area contributed by atoms with Crippen LogP contribution in [0, 0.1) is 0 Å². The Morgan fingerprint density at radius 1 is 1.34 bits per heavy atom. The van der Waals surface area contributed by atoms with E-state index in [-0.39, 0.29) is 18.0 Å². The third-order valence-corrected chi connectivity index (χ3v) is 6.81. The average molecular weight is 458 g/mol. The second-order valence-electron chi connectivity index (χ2n) is 8.04. The molecule has 1 atom stereocenters. The van der Waals surface area contributed by atoms with Crippen molar-refractivity contribution in [1.82, 2.24) is 29.4 Å². The van der Waals surface area contributed by atoms with Gasteiger partial charge in [-0.3, -0.25) is 4.79 Å². The highest BCUT2D eigenvalue weighted by Crippen LogP contribution is 2.27. The van der Waals surface area contributed by atoms with Gasteiger partial charge in [-0.05, 0) is 26.2 Å². The van der Waals surface area contributed by atoms with Gasteiger partial charge in [0.1, 0.15) is 16.3 Å². The number of fused-ring (bicyclic) bond motifs is 1. The number of hydrogen-bond acceptors (Lipinski definition) is 7. The van der Waals surface area contributed by atoms with Crippen LogP contribution in [-0.4, -0.2) is 78.7 Å². The molecule has 0 saturated carbocycles. The normalized spacial score (nSPS) is 15.7. The zero-order chi connectivity index (χ0) is 22.8. The summed E-state index contributed by atoms with van der Waals surface area (Å²) < 4.78 is 1.77. The number of nitrogens with zero attached hydrogens (tertiary/aromatic N) is 6. The topological polar surface area (TPSA) is 116 Å². The maximum atomic E-state index is 13.3. The molecule has 2 N–H and O–H groups in total. The minimum absolute atomic E-state index is 0.0836. The molecule has 1 saturated heterocycles. The smallest absolute Gasteiger partial charge is 0.407 e. The van der Waals surface area contributed by atoms with Crippen LogP contribution in [0.5, 0.6) is 0 Å². The Balaban J connectivity index is 1.61. The number of nitrogens with one attached hydrogen (secondary N) is 1. The van der Waals surface area contributed by atoms with E-state index in [0.717, 1.165) is 16.8 Å². The minimum atomic E-state index is -0.947. The van der Waals surface area contributed by atoms with Gasteiger partial charge in [-0.2, -0.15) is 5.10 Å². The van der Waals surface area contributed by atoms with Gasteiger partial charge in [-0.15, -0.1) is 11.3 Å². The number of likely N-dealkylation sites (tertiary alicyclic amines) is 1. The number of rotatable bonds is 6. The zero-order valence-corrected chi connectivity index (χ0v) is 19.2. The van der Waals surface area contributed by atoms with Crippen LogP contribution in [0.4, 0.5) is 10.6 Å². The molecule has 11 heteroatoms. The van der Waals surface area contributed by atoms with E-state index in [9.17, 15) is 14.7 Å². The van der Waals surface area contributed by atoms with Gasteiger partial charge in [0.25, 0.3) is 5.91 Å². The summed E-state index contributed by atoms with van der Waals surface area (Å²) >= 11 is 1.54. The Morgan fingerprint density at radius 3 is 2.78 bits per heavy atom. The molecule has 32 heavy (non-hydrogen) atoms. The van der Waals surface area contributed by atoms with E-state index in [2.05, 4.69) is 34.2 Å². The largest absolute Gasteiger partial charge is 0.465 e. The monoisotopic (exact) mass is 457 g/mol. The molecule has 170 valence electrons. The molecular weight excluding hydrogens is 430 g/mol. The predicted molar refractivity (Wildman–Crippen MR) is 122 cm³/mol. The van der Waals surface area contributed by atoms with Crippen molar-refractivity contribution < 1.29 is 14.7 Å². The molecule has 0 bridgehead atoms. The molecule has 3 aromatic heterocycles. The molecular formula is C21H27N7O3S. The van der Waals surface area contributed by atoms with Gasteiger partial charge in [0.15, 0.2) is 5.82 Å². The van der Waals surface area contributed by atoms with Gasteiger partial charge in [-0.1, -0.05) is 6.92 Å². The molecule has 1 aliphatic heterocycles. The molecule has 2 amide bonds. The second-order valence-corrected chi connectivity index (χ2v) is 8.94. The van der Waals surface area contributed by atoms with Crippen LogP contribution in [0.25, 0.3) is 16.2 Å². The fourth-order valence-corrected chi connectivity index (χ4v) is 4.55. The first kappa shape index (κ1) is 22.0. The first-order chi connectivity index (χ1) is 15.4. The van der Waals surface area contributed by atoms with Crippen LogP contribution in [0.1, 0.15) is 43.6 Å². The lowest BCUT2D eigenvalue weighted by atomic mass is 10.0. The Kier molecular flexibility index (Phi) is 6.26. The van der Waals surface area contributed by atoms with Crippen LogP contribution in [0.2, 0.25) is 0 Å². The fraction of sp³-hybridized carbons (Fsp3) is 0.476. The number of anilines is 1. The summed E-state index contributed by atoms with van der Waals surface area (Å²) in [5.41, 5.74) is 1.10. The molecule has 4 rings (SSSR count). The van der Waals surface area contributed by atoms with E-state index in [1.165, 1.54) is 16.2 Å². The molecule has 4 heterocycles. The third kappa shape index (κ3) is 4.38. The summed E-state index contributed by atoms with van der Waals surface area (Å²) in [5, 5.41) is 18.8. The first-order valence-corrected chi connectivity index (χ1v) is 11.6. The molecule has 0 unspecified atom stereocenters. The van der Waals surface area contributed by atoms with E-state index in [4.69, 9.17) is 0 Å². The number of carboxylic acid groups (broad SMARTS) is 1. The highest BCUT2D eigenvalue weighted by molar-refractivity contribution is 7.16. The maximum absolute atomic E-state index is 13.3. The standard InChI is InChI=1S/C21H27N7O3S/c1-4-13(2)23-17-11-16(19(29)27-7-5-14(6-8-27)26(3)21(30)31)24-18(25-17)15-12-22-28-9-10-32-20(15)28/h9-14H,4-8H2,1-3H3,(H,30,31)(H,23,24,25)/t13-/m1/s1. The van der Waals surface area contributed by atoms with E-state index in [1.54, 1.807) is 28.7 Å². The van der Waals surface area contributed by atoms with Gasteiger partial charge in [-0.25, -0.2) is 19.3 Å². The van der Waals surface area contributed by atoms with E-state index < -0.39 is 6.09 Å². The van der Waals surface area contributed by atoms with Gasteiger partial charge in [0.2, 0.25) is 0 Å². The summed E-state index contributed by atoms with van der Waals surface area (Å²) in [4.78, 5) is 37.8. The Hall–Kier alpha value is -3.21. The van der Waals surface area contributed by atoms with Crippen LogP contribution in [-0.2, 0) is 0 Å². The van der Waals surface area contributed by atoms with Crippen molar-refractivity contribution in [3.63, 3.8) is 0 Å². The van der Waals surface area contributed by atoms with Crippen molar-refractivity contribution in [1.29, 1.82) is 0 Å². The summed E-state index contributed by atoms with van der Waals surface area (Å²) in [7, 11) is 1.57. The van der Waals surface area contributed by atoms with Crippen molar-refractivity contribution in [2.75, 3.05) is 25.5 Å². The quantitative estimate of drug-likeness (QED) is 0.583. The second kappa shape index (κ2) is 9.11. The minimum Gasteiger partial charge on any atom is -0.465 e. The summed E-state index contributed by atoms with van der Waals surface area (Å²) in [6.45, 7) is 5.11. The van der Waals surface area contributed by atoms with E-state index in [1.807, 2.05) is 11.6 Å². The number of aromatic nitrogens is 4. The summed E-state index contributed by atoms with van der Waals surface area (Å²) in [6.07, 6.45) is 4.76. The molecule has 1 aliphatic rings. The summed E-state index contributed by atoms with van der Waals surface area (Å²) in [6, 6.07) is 1.80. The molecule has 0 radical (unpaired) electrons. The SMILES string of the molecule is CC[C@@H](C)Nc1cc(C(=O)N2CCC(N(C)C(=O)O)CC2)nc(-c2cnn3ccsc23)n1.